The van der Waals surface area contributed by atoms with Crippen LogP contribution in [-0.4, -0.2) is 42.9 Å². The molecule has 1 aliphatic rings. The van der Waals surface area contributed by atoms with Crippen LogP contribution in [0.4, 0.5) is 5.82 Å². The number of sulfonamides is 1. The molecule has 1 saturated heterocycles. The van der Waals surface area contributed by atoms with Gasteiger partial charge in [-0.15, -0.1) is 0 Å². The van der Waals surface area contributed by atoms with Crippen molar-refractivity contribution >= 4 is 45.1 Å². The molecule has 1 fully saturated rings. The largest absolute Gasteiger partial charge is 0.355 e. The zero-order valence-electron chi connectivity index (χ0n) is 18.4. The van der Waals surface area contributed by atoms with Gasteiger partial charge in [0.05, 0.1) is 17.4 Å². The molecule has 3 aromatic rings. The van der Waals surface area contributed by atoms with E-state index in [-0.39, 0.29) is 21.0 Å². The fourth-order valence-corrected chi connectivity index (χ4v) is 5.96. The number of benzene rings is 2. The second-order valence-electron chi connectivity index (χ2n) is 8.32. The van der Waals surface area contributed by atoms with Crippen LogP contribution in [0.1, 0.15) is 30.1 Å². The molecular formula is C23H24ClN5O3S2. The second-order valence-corrected chi connectivity index (χ2v) is 11.4. The van der Waals surface area contributed by atoms with Crippen LogP contribution < -0.4 is 15.4 Å². The minimum atomic E-state index is -4.18. The van der Waals surface area contributed by atoms with Crippen LogP contribution in [0.15, 0.2) is 75.7 Å². The van der Waals surface area contributed by atoms with Crippen LogP contribution in [-0.2, 0) is 10.0 Å². The Kier molecular flexibility index (Phi) is 7.13. The Morgan fingerprint density at radius 1 is 1.09 bits per heavy atom. The van der Waals surface area contributed by atoms with Gasteiger partial charge in [-0.25, -0.2) is 23.1 Å². The number of piperidine rings is 1. The van der Waals surface area contributed by atoms with Gasteiger partial charge in [-0.05, 0) is 44.0 Å². The van der Waals surface area contributed by atoms with Gasteiger partial charge in [0.1, 0.15) is 15.7 Å². The molecule has 4 rings (SSSR count). The van der Waals surface area contributed by atoms with Crippen LogP contribution in [0.5, 0.6) is 0 Å². The van der Waals surface area contributed by atoms with Crippen LogP contribution in [0, 0.1) is 0 Å². The molecule has 0 spiro atoms. The van der Waals surface area contributed by atoms with Crippen LogP contribution in [0.3, 0.4) is 0 Å². The summed E-state index contributed by atoms with van der Waals surface area (Å²) in [6.45, 7) is 3.68. The fourth-order valence-electron chi connectivity index (χ4n) is 3.49. The van der Waals surface area contributed by atoms with Gasteiger partial charge < -0.3 is 10.6 Å². The first-order valence-electron chi connectivity index (χ1n) is 10.6. The molecule has 0 saturated carbocycles. The second kappa shape index (κ2) is 9.91. The van der Waals surface area contributed by atoms with E-state index in [0.717, 1.165) is 31.7 Å². The summed E-state index contributed by atoms with van der Waals surface area (Å²) in [7, 11) is -4.18. The average Bonchev–Trinajstić information content (AvgIpc) is 2.81. The number of rotatable bonds is 6. The number of carbonyl (C=O) groups excluding carboxylic acids is 1. The number of anilines is 1. The molecule has 34 heavy (non-hydrogen) atoms. The Labute approximate surface area is 208 Å². The molecule has 2 heterocycles. The number of carbonyl (C=O) groups is 1. The van der Waals surface area contributed by atoms with E-state index in [1.165, 1.54) is 30.0 Å². The Bertz CT molecular complexity index is 1280. The highest BCUT2D eigenvalue weighted by Crippen LogP contribution is 2.36. The monoisotopic (exact) mass is 517 g/mol. The third kappa shape index (κ3) is 5.69. The number of nitrogens with zero attached hydrogens (tertiary/aromatic N) is 3. The zero-order valence-corrected chi connectivity index (χ0v) is 20.8. The lowest BCUT2D eigenvalue weighted by Gasteiger charge is -2.37. The molecule has 0 aliphatic carbocycles. The first-order chi connectivity index (χ1) is 16.1. The van der Waals surface area contributed by atoms with Gasteiger partial charge in [-0.1, -0.05) is 47.6 Å². The molecule has 8 nitrogen and oxygen atoms in total. The minimum Gasteiger partial charge on any atom is -0.355 e. The Hall–Kier alpha value is -2.66. The average molecular weight is 518 g/mol. The summed E-state index contributed by atoms with van der Waals surface area (Å²) >= 11 is 7.63. The standard InChI is InChI=1S/C23H24ClN5O3S2/c1-23(25)10-12-29(13-11-23)19-14-27-20(15-26-19)33-17-8-5-9-18(21(17)24)34(31,32)28-22(30)16-6-3-2-4-7-16/h2-9,14-15H,10-13,25H2,1H3,(H,28,30). The van der Waals surface area contributed by atoms with Crippen molar-refractivity contribution in [3.63, 3.8) is 0 Å². The van der Waals surface area contributed by atoms with E-state index < -0.39 is 15.9 Å². The summed E-state index contributed by atoms with van der Waals surface area (Å²) in [5.41, 5.74) is 6.28. The van der Waals surface area contributed by atoms with Crippen LogP contribution in [0.25, 0.3) is 0 Å². The third-order valence-electron chi connectivity index (χ3n) is 5.54. The number of hydrogen-bond donors (Lipinski definition) is 2. The highest BCUT2D eigenvalue weighted by molar-refractivity contribution is 7.99. The molecule has 1 aliphatic heterocycles. The van der Waals surface area contributed by atoms with Crippen molar-refractivity contribution in [2.75, 3.05) is 18.0 Å². The van der Waals surface area contributed by atoms with Crippen LogP contribution >= 0.6 is 23.4 Å². The van der Waals surface area contributed by atoms with Crippen molar-refractivity contribution in [3.8, 4) is 0 Å². The fraction of sp³-hybridized carbons (Fsp3) is 0.261. The predicted octanol–water partition coefficient (Wildman–Crippen LogP) is 3.72. The topological polar surface area (TPSA) is 118 Å². The van der Waals surface area contributed by atoms with Gasteiger partial charge in [0, 0.05) is 29.1 Å². The van der Waals surface area contributed by atoms with E-state index in [4.69, 9.17) is 17.3 Å². The van der Waals surface area contributed by atoms with E-state index in [1.54, 1.807) is 42.7 Å². The molecule has 1 aromatic heterocycles. The molecule has 0 atom stereocenters. The quantitative estimate of drug-likeness (QED) is 0.508. The molecular weight excluding hydrogens is 494 g/mol. The van der Waals surface area contributed by atoms with Crippen LogP contribution in [0.2, 0.25) is 5.02 Å². The van der Waals surface area contributed by atoms with Crippen molar-refractivity contribution in [1.29, 1.82) is 0 Å². The van der Waals surface area contributed by atoms with Gasteiger partial charge in [-0.2, -0.15) is 0 Å². The van der Waals surface area contributed by atoms with E-state index in [0.29, 0.717) is 9.92 Å². The molecule has 0 unspecified atom stereocenters. The highest BCUT2D eigenvalue weighted by Gasteiger charge is 2.27. The van der Waals surface area contributed by atoms with E-state index in [2.05, 4.69) is 26.5 Å². The summed E-state index contributed by atoms with van der Waals surface area (Å²) in [5, 5.41) is 0.569. The lowest BCUT2D eigenvalue weighted by Crippen LogP contribution is -2.48. The Balaban J connectivity index is 1.48. The number of aromatic nitrogens is 2. The SMILES string of the molecule is CC1(N)CCN(c2cnc(Sc3cccc(S(=O)(=O)NC(=O)c4ccccc4)c3Cl)cn2)CC1. The van der Waals surface area contributed by atoms with Crippen molar-refractivity contribution in [1.82, 2.24) is 14.7 Å². The number of hydrogen-bond acceptors (Lipinski definition) is 8. The molecule has 178 valence electrons. The van der Waals surface area contributed by atoms with Gasteiger partial charge in [0.25, 0.3) is 15.9 Å². The number of nitrogens with one attached hydrogen (secondary N) is 1. The van der Waals surface area contributed by atoms with E-state index >= 15 is 0 Å². The highest BCUT2D eigenvalue weighted by atomic mass is 35.5. The summed E-state index contributed by atoms with van der Waals surface area (Å²) in [5.74, 6) is 0.0368. The number of amides is 1. The maximum Gasteiger partial charge on any atom is 0.265 e. The lowest BCUT2D eigenvalue weighted by molar-refractivity contribution is 0.0981. The summed E-state index contributed by atoms with van der Waals surface area (Å²) in [4.78, 5) is 23.7. The molecule has 1 amide bonds. The molecule has 11 heteroatoms. The lowest BCUT2D eigenvalue weighted by atomic mass is 9.91. The van der Waals surface area contributed by atoms with Crippen molar-refractivity contribution < 1.29 is 13.2 Å². The van der Waals surface area contributed by atoms with Crippen molar-refractivity contribution in [2.24, 2.45) is 5.73 Å². The van der Waals surface area contributed by atoms with Crippen molar-refractivity contribution in [3.05, 3.63) is 71.5 Å². The summed E-state index contributed by atoms with van der Waals surface area (Å²) < 4.78 is 27.7. The maximum atomic E-state index is 12.8. The molecule has 0 radical (unpaired) electrons. The van der Waals surface area contributed by atoms with Gasteiger partial charge >= 0.3 is 0 Å². The maximum absolute atomic E-state index is 12.8. The number of nitrogens with two attached hydrogens (primary N) is 1. The molecule has 2 aromatic carbocycles. The summed E-state index contributed by atoms with van der Waals surface area (Å²) in [6.07, 6.45) is 5.08. The third-order valence-corrected chi connectivity index (χ3v) is 8.52. The number of halogens is 1. The first-order valence-corrected chi connectivity index (χ1v) is 13.3. The normalized spacial score (nSPS) is 15.7. The minimum absolute atomic E-state index is 0.00463. The van der Waals surface area contributed by atoms with E-state index in [9.17, 15) is 13.2 Å². The Morgan fingerprint density at radius 3 is 2.44 bits per heavy atom. The first kappa shape index (κ1) is 24.5. The smallest absolute Gasteiger partial charge is 0.265 e. The zero-order chi connectivity index (χ0) is 24.3. The van der Waals surface area contributed by atoms with Crippen molar-refractivity contribution in [2.45, 2.75) is 40.1 Å². The predicted molar refractivity (Wildman–Crippen MR) is 133 cm³/mol. The Morgan fingerprint density at radius 2 is 1.79 bits per heavy atom. The summed E-state index contributed by atoms with van der Waals surface area (Å²) in [6, 6.07) is 12.7. The van der Waals surface area contributed by atoms with Gasteiger partial charge in [-0.3, -0.25) is 4.79 Å². The van der Waals surface area contributed by atoms with E-state index in [1.807, 2.05) is 0 Å². The van der Waals surface area contributed by atoms with Gasteiger partial charge in [0.15, 0.2) is 0 Å². The molecule has 3 N–H and O–H groups in total. The van der Waals surface area contributed by atoms with Gasteiger partial charge in [0.2, 0.25) is 0 Å². The molecule has 0 bridgehead atoms.